The van der Waals surface area contributed by atoms with Gasteiger partial charge >= 0.3 is 0 Å². The first-order valence-electron chi connectivity index (χ1n) is 8.96. The number of aromatic nitrogens is 1. The van der Waals surface area contributed by atoms with Gasteiger partial charge in [-0.3, -0.25) is 14.5 Å². The Morgan fingerprint density at radius 3 is 2.30 bits per heavy atom. The second-order valence-corrected chi connectivity index (χ2v) is 8.67. The van der Waals surface area contributed by atoms with Crippen molar-refractivity contribution in [3.63, 3.8) is 0 Å². The summed E-state index contributed by atoms with van der Waals surface area (Å²) in [6.07, 6.45) is 2.61. The summed E-state index contributed by atoms with van der Waals surface area (Å²) in [5, 5.41) is -0.180. The fourth-order valence-electron chi connectivity index (χ4n) is 3.44. The third-order valence-corrected chi connectivity index (χ3v) is 6.92. The predicted molar refractivity (Wildman–Crippen MR) is 115 cm³/mol. The van der Waals surface area contributed by atoms with Crippen molar-refractivity contribution in [2.45, 2.75) is 41.0 Å². The highest BCUT2D eigenvalue weighted by molar-refractivity contribution is 9.10. The van der Waals surface area contributed by atoms with Crippen molar-refractivity contribution in [2.75, 3.05) is 6.54 Å². The molecule has 0 unspecified atom stereocenters. The fraction of sp³-hybridized carbons (Fsp3) is 0.333. The Kier molecular flexibility index (Phi) is 5.68. The molecule has 2 aromatic rings. The number of aryl methyl sites for hydroxylation is 3. The molecule has 1 saturated heterocycles. The van der Waals surface area contributed by atoms with Gasteiger partial charge in [0, 0.05) is 28.1 Å². The number of benzene rings is 1. The largest absolute Gasteiger partial charge is 0.318 e. The van der Waals surface area contributed by atoms with Gasteiger partial charge in [0.05, 0.1) is 4.91 Å². The molecule has 1 aliphatic rings. The van der Waals surface area contributed by atoms with E-state index in [2.05, 4.69) is 59.5 Å². The highest BCUT2D eigenvalue weighted by atomic mass is 79.9. The van der Waals surface area contributed by atoms with Gasteiger partial charge in [0.25, 0.3) is 11.1 Å². The Morgan fingerprint density at radius 1 is 1.07 bits per heavy atom. The monoisotopic (exact) mass is 446 g/mol. The second-order valence-electron chi connectivity index (χ2n) is 6.89. The number of nitrogens with zero attached hydrogens (tertiary/aromatic N) is 2. The van der Waals surface area contributed by atoms with E-state index in [4.69, 9.17) is 0 Å². The first-order valence-corrected chi connectivity index (χ1v) is 10.6. The molecule has 0 saturated carbocycles. The minimum Gasteiger partial charge on any atom is -0.318 e. The van der Waals surface area contributed by atoms with Gasteiger partial charge in [-0.05, 0) is 86.8 Å². The van der Waals surface area contributed by atoms with E-state index >= 15 is 0 Å². The lowest BCUT2D eigenvalue weighted by Gasteiger charge is -2.13. The average molecular weight is 447 g/mol. The number of imide groups is 1. The highest BCUT2D eigenvalue weighted by Gasteiger charge is 2.34. The Bertz CT molecular complexity index is 952. The molecule has 0 radical (unpaired) electrons. The standard InChI is InChI=1S/C21H23BrN2O2S/c1-6-7-23-20(25)18(27-21(23)26)11-16-10-14(4)24(15(16)5)17-8-12(2)19(22)13(3)9-17/h8-11H,6-7H2,1-5H3/b18-11-. The lowest BCUT2D eigenvalue weighted by Crippen LogP contribution is -2.28. The van der Waals surface area contributed by atoms with E-state index in [1.165, 1.54) is 16.0 Å². The molecule has 2 amide bonds. The van der Waals surface area contributed by atoms with Gasteiger partial charge in [-0.1, -0.05) is 22.9 Å². The second kappa shape index (κ2) is 7.68. The zero-order valence-electron chi connectivity index (χ0n) is 16.2. The number of rotatable bonds is 4. The van der Waals surface area contributed by atoms with Crippen LogP contribution in [0, 0.1) is 27.7 Å². The van der Waals surface area contributed by atoms with Crippen molar-refractivity contribution < 1.29 is 9.59 Å². The highest BCUT2D eigenvalue weighted by Crippen LogP contribution is 2.34. The summed E-state index contributed by atoms with van der Waals surface area (Å²) in [5.41, 5.74) is 6.57. The molecule has 6 heteroatoms. The van der Waals surface area contributed by atoms with Crippen LogP contribution in [0.3, 0.4) is 0 Å². The summed E-state index contributed by atoms with van der Waals surface area (Å²) in [6, 6.07) is 6.36. The molecule has 0 bridgehead atoms. The topological polar surface area (TPSA) is 42.3 Å². The van der Waals surface area contributed by atoms with E-state index in [0.717, 1.165) is 45.3 Å². The van der Waals surface area contributed by atoms with Crippen molar-refractivity contribution in [2.24, 2.45) is 0 Å². The Morgan fingerprint density at radius 2 is 1.70 bits per heavy atom. The van der Waals surface area contributed by atoms with Gasteiger partial charge in [-0.2, -0.15) is 0 Å². The molecule has 1 fully saturated rings. The summed E-state index contributed by atoms with van der Waals surface area (Å²) in [4.78, 5) is 26.4. The van der Waals surface area contributed by atoms with E-state index in [-0.39, 0.29) is 11.1 Å². The van der Waals surface area contributed by atoms with Gasteiger partial charge in [0.15, 0.2) is 0 Å². The molecule has 1 aliphatic heterocycles. The van der Waals surface area contributed by atoms with Gasteiger partial charge in [-0.25, -0.2) is 0 Å². The quantitative estimate of drug-likeness (QED) is 0.547. The van der Waals surface area contributed by atoms with E-state index in [1.54, 1.807) is 0 Å². The molecule has 1 aromatic carbocycles. The lowest BCUT2D eigenvalue weighted by molar-refractivity contribution is -0.122. The minimum absolute atomic E-state index is 0.180. The van der Waals surface area contributed by atoms with Crippen LogP contribution in [0.4, 0.5) is 4.79 Å². The number of carbonyl (C=O) groups is 2. The maximum atomic E-state index is 12.5. The van der Waals surface area contributed by atoms with Crippen LogP contribution in [0.5, 0.6) is 0 Å². The Labute approximate surface area is 172 Å². The molecule has 142 valence electrons. The molecule has 0 spiro atoms. The number of hydrogen-bond donors (Lipinski definition) is 0. The van der Waals surface area contributed by atoms with Crippen LogP contribution < -0.4 is 0 Å². The van der Waals surface area contributed by atoms with Crippen LogP contribution in [0.15, 0.2) is 27.6 Å². The Hall–Kier alpha value is -1.79. The molecule has 1 aromatic heterocycles. The smallest absolute Gasteiger partial charge is 0.293 e. The SMILES string of the molecule is CCCN1C(=O)S/C(=C\c2cc(C)n(-c3cc(C)c(Br)c(C)c3)c2C)C1=O. The van der Waals surface area contributed by atoms with Gasteiger partial charge in [0.2, 0.25) is 0 Å². The summed E-state index contributed by atoms with van der Waals surface area (Å²) < 4.78 is 3.31. The first kappa shape index (κ1) is 20.0. The first-order chi connectivity index (χ1) is 12.7. The Balaban J connectivity index is 2.03. The molecule has 0 atom stereocenters. The van der Waals surface area contributed by atoms with E-state index in [0.29, 0.717) is 11.4 Å². The number of hydrogen-bond acceptors (Lipinski definition) is 3. The number of halogens is 1. The number of carbonyl (C=O) groups excluding carboxylic acids is 2. The molecule has 3 rings (SSSR count). The summed E-state index contributed by atoms with van der Waals surface area (Å²) in [7, 11) is 0. The maximum Gasteiger partial charge on any atom is 0.293 e. The van der Waals surface area contributed by atoms with Crippen molar-refractivity contribution >= 4 is 44.9 Å². The number of amides is 2. The summed E-state index contributed by atoms with van der Waals surface area (Å²) in [5.74, 6) is -0.188. The molecular weight excluding hydrogens is 424 g/mol. The zero-order valence-corrected chi connectivity index (χ0v) is 18.6. The summed E-state index contributed by atoms with van der Waals surface area (Å²) >= 11 is 4.65. The van der Waals surface area contributed by atoms with Crippen molar-refractivity contribution in [1.82, 2.24) is 9.47 Å². The fourth-order valence-corrected chi connectivity index (χ4v) is 4.53. The zero-order chi connectivity index (χ0) is 19.9. The third-order valence-electron chi connectivity index (χ3n) is 4.76. The molecular formula is C21H23BrN2O2S. The van der Waals surface area contributed by atoms with Crippen molar-refractivity contribution in [1.29, 1.82) is 0 Å². The number of thioether (sulfide) groups is 1. The normalized spacial score (nSPS) is 16.1. The van der Waals surface area contributed by atoms with E-state index in [1.807, 2.05) is 19.9 Å². The molecule has 0 N–H and O–H groups in total. The predicted octanol–water partition coefficient (Wildman–Crippen LogP) is 5.92. The van der Waals surface area contributed by atoms with E-state index in [9.17, 15) is 9.59 Å². The third kappa shape index (κ3) is 3.65. The molecule has 0 aliphatic carbocycles. The van der Waals surface area contributed by atoms with Crippen molar-refractivity contribution in [3.05, 3.63) is 55.7 Å². The van der Waals surface area contributed by atoms with Crippen LogP contribution in [0.2, 0.25) is 0 Å². The van der Waals surface area contributed by atoms with Crippen LogP contribution in [-0.4, -0.2) is 27.2 Å². The average Bonchev–Trinajstić information content (AvgIpc) is 3.03. The van der Waals surface area contributed by atoms with E-state index < -0.39 is 0 Å². The molecule has 4 nitrogen and oxygen atoms in total. The van der Waals surface area contributed by atoms with Crippen LogP contribution in [0.1, 0.15) is 41.4 Å². The maximum absolute atomic E-state index is 12.5. The van der Waals surface area contributed by atoms with Crippen LogP contribution in [0.25, 0.3) is 11.8 Å². The van der Waals surface area contributed by atoms with Gasteiger partial charge in [0.1, 0.15) is 0 Å². The van der Waals surface area contributed by atoms with Gasteiger partial charge < -0.3 is 4.57 Å². The molecule has 2 heterocycles. The van der Waals surface area contributed by atoms with Crippen LogP contribution >= 0.6 is 27.7 Å². The van der Waals surface area contributed by atoms with Crippen molar-refractivity contribution in [3.8, 4) is 5.69 Å². The van der Waals surface area contributed by atoms with Gasteiger partial charge in [-0.15, -0.1) is 0 Å². The summed E-state index contributed by atoms with van der Waals surface area (Å²) in [6.45, 7) is 10.7. The lowest BCUT2D eigenvalue weighted by atomic mass is 10.1. The van der Waals surface area contributed by atoms with Crippen LogP contribution in [-0.2, 0) is 4.79 Å². The molecule has 27 heavy (non-hydrogen) atoms. The minimum atomic E-state index is -0.188.